The second kappa shape index (κ2) is 7.72. The molecular formula is C13H13ClF5NO. The molecule has 0 amide bonds. The van der Waals surface area contributed by atoms with E-state index in [9.17, 15) is 22.0 Å². The van der Waals surface area contributed by atoms with E-state index >= 15 is 0 Å². The van der Waals surface area contributed by atoms with E-state index in [0.29, 0.717) is 32.8 Å². The van der Waals surface area contributed by atoms with Crippen molar-refractivity contribution in [2.75, 3.05) is 32.8 Å². The number of benzene rings is 1. The van der Waals surface area contributed by atoms with Gasteiger partial charge in [-0.2, -0.15) is 0 Å². The van der Waals surface area contributed by atoms with Crippen LogP contribution < -0.4 is 0 Å². The van der Waals surface area contributed by atoms with Gasteiger partial charge in [-0.25, -0.2) is 22.0 Å². The lowest BCUT2D eigenvalue weighted by Crippen LogP contribution is -2.36. The zero-order valence-electron chi connectivity index (χ0n) is 10.8. The molecular weight excluding hydrogens is 317 g/mol. The molecule has 1 saturated heterocycles. The molecule has 1 aliphatic heterocycles. The third-order valence-corrected chi connectivity index (χ3v) is 3.00. The lowest BCUT2D eigenvalue weighted by atomic mass is 10.1. The van der Waals surface area contributed by atoms with Crippen molar-refractivity contribution in [3.8, 4) is 0 Å². The zero-order chi connectivity index (χ0) is 14.7. The molecule has 0 aliphatic carbocycles. The molecule has 1 fully saturated rings. The molecule has 0 radical (unpaired) electrons. The van der Waals surface area contributed by atoms with E-state index in [4.69, 9.17) is 4.74 Å². The first-order chi connectivity index (χ1) is 9.52. The summed E-state index contributed by atoms with van der Waals surface area (Å²) in [6.45, 7) is 2.76. The molecule has 0 saturated carbocycles. The van der Waals surface area contributed by atoms with Crippen molar-refractivity contribution in [2.45, 2.75) is 0 Å². The lowest BCUT2D eigenvalue weighted by molar-refractivity contribution is 0.0435. The first-order valence-corrected chi connectivity index (χ1v) is 6.00. The van der Waals surface area contributed by atoms with Crippen molar-refractivity contribution < 1.29 is 26.7 Å². The second-order valence-corrected chi connectivity index (χ2v) is 4.30. The first-order valence-electron chi connectivity index (χ1n) is 6.00. The van der Waals surface area contributed by atoms with Crippen molar-refractivity contribution in [3.63, 3.8) is 0 Å². The molecule has 0 N–H and O–H groups in total. The summed E-state index contributed by atoms with van der Waals surface area (Å²) >= 11 is 0. The molecule has 0 atom stereocenters. The number of hydrogen-bond acceptors (Lipinski definition) is 2. The molecule has 118 valence electrons. The summed E-state index contributed by atoms with van der Waals surface area (Å²) in [6, 6.07) is 0. The van der Waals surface area contributed by atoms with Crippen LogP contribution in [0.25, 0.3) is 6.08 Å². The molecule has 21 heavy (non-hydrogen) atoms. The maximum Gasteiger partial charge on any atom is 0.200 e. The zero-order valence-corrected chi connectivity index (χ0v) is 11.7. The number of ether oxygens (including phenoxy) is 1. The lowest BCUT2D eigenvalue weighted by Gasteiger charge is -2.25. The molecule has 0 aromatic heterocycles. The normalized spacial score (nSPS) is 16.2. The molecule has 0 spiro atoms. The molecule has 0 bridgehead atoms. The average molecular weight is 330 g/mol. The van der Waals surface area contributed by atoms with Crippen molar-refractivity contribution in [1.82, 2.24) is 4.90 Å². The number of nitrogens with zero attached hydrogens (tertiary/aromatic N) is 1. The fraction of sp³-hybridized carbons (Fsp3) is 0.385. The standard InChI is InChI=1S/C13H12F5NO.ClH/c14-9-8(10(15)12(17)13(18)11(9)16)2-1-3-19-4-6-20-7-5-19;/h1-2H,3-7H2;1H/b2-1+;. The number of morpholine rings is 1. The van der Waals surface area contributed by atoms with E-state index in [1.807, 2.05) is 4.90 Å². The molecule has 8 heteroatoms. The summed E-state index contributed by atoms with van der Waals surface area (Å²) in [5.74, 6) is -9.66. The smallest absolute Gasteiger partial charge is 0.200 e. The molecule has 1 aliphatic rings. The third kappa shape index (κ3) is 3.93. The molecule has 2 rings (SSSR count). The number of halogens is 6. The summed E-state index contributed by atoms with van der Waals surface area (Å²) < 4.78 is 70.6. The molecule has 1 heterocycles. The Morgan fingerprint density at radius 1 is 0.857 bits per heavy atom. The summed E-state index contributed by atoms with van der Waals surface area (Å²) in [6.07, 6.45) is 2.27. The highest BCUT2D eigenvalue weighted by Gasteiger charge is 2.24. The topological polar surface area (TPSA) is 12.5 Å². The van der Waals surface area contributed by atoms with Crippen LogP contribution in [0.1, 0.15) is 5.56 Å². The van der Waals surface area contributed by atoms with Crippen LogP contribution in [0.2, 0.25) is 0 Å². The van der Waals surface area contributed by atoms with Gasteiger partial charge in [-0.15, -0.1) is 12.4 Å². The Balaban J connectivity index is 0.00000220. The quantitative estimate of drug-likeness (QED) is 0.480. The van der Waals surface area contributed by atoms with Crippen LogP contribution in [-0.2, 0) is 4.74 Å². The van der Waals surface area contributed by atoms with E-state index in [1.54, 1.807) is 0 Å². The van der Waals surface area contributed by atoms with Gasteiger partial charge in [0.05, 0.1) is 18.8 Å². The van der Waals surface area contributed by atoms with Crippen LogP contribution in [0.5, 0.6) is 0 Å². The SMILES string of the molecule is Cl.Fc1c(F)c(F)c(/C=C/CN2CCOCC2)c(F)c1F. The minimum atomic E-state index is -2.15. The molecule has 0 unspecified atom stereocenters. The summed E-state index contributed by atoms with van der Waals surface area (Å²) in [7, 11) is 0. The van der Waals surface area contributed by atoms with Gasteiger partial charge in [-0.05, 0) is 0 Å². The van der Waals surface area contributed by atoms with Crippen molar-refractivity contribution in [2.24, 2.45) is 0 Å². The predicted molar refractivity (Wildman–Crippen MR) is 69.8 cm³/mol. The van der Waals surface area contributed by atoms with E-state index in [-0.39, 0.29) is 12.4 Å². The Kier molecular flexibility index (Phi) is 6.57. The van der Waals surface area contributed by atoms with E-state index in [0.717, 1.165) is 6.08 Å². The van der Waals surface area contributed by atoms with Crippen molar-refractivity contribution in [3.05, 3.63) is 40.7 Å². The van der Waals surface area contributed by atoms with Crippen LogP contribution in [-0.4, -0.2) is 37.7 Å². The summed E-state index contributed by atoms with van der Waals surface area (Å²) in [4.78, 5) is 1.94. The number of rotatable bonds is 3. The Morgan fingerprint density at radius 2 is 1.33 bits per heavy atom. The average Bonchev–Trinajstić information content (AvgIpc) is 2.48. The highest BCUT2D eigenvalue weighted by atomic mass is 35.5. The molecule has 1 aromatic rings. The summed E-state index contributed by atoms with van der Waals surface area (Å²) in [5, 5.41) is 0. The summed E-state index contributed by atoms with van der Waals surface area (Å²) in [5.41, 5.74) is -0.922. The van der Waals surface area contributed by atoms with Gasteiger partial charge in [0.15, 0.2) is 23.3 Å². The highest BCUT2D eigenvalue weighted by molar-refractivity contribution is 5.85. The van der Waals surface area contributed by atoms with E-state index in [1.165, 1.54) is 6.08 Å². The monoisotopic (exact) mass is 329 g/mol. The van der Waals surface area contributed by atoms with Crippen molar-refractivity contribution in [1.29, 1.82) is 0 Å². The molecule has 2 nitrogen and oxygen atoms in total. The Labute approximate surface area is 124 Å². The predicted octanol–water partition coefficient (Wildman–Crippen LogP) is 3.15. The van der Waals surface area contributed by atoms with E-state index < -0.39 is 34.6 Å². The fourth-order valence-corrected chi connectivity index (χ4v) is 1.87. The number of hydrogen-bond donors (Lipinski definition) is 0. The van der Waals surface area contributed by atoms with Gasteiger partial charge < -0.3 is 4.74 Å². The van der Waals surface area contributed by atoms with Crippen LogP contribution >= 0.6 is 12.4 Å². The van der Waals surface area contributed by atoms with Crippen molar-refractivity contribution >= 4 is 18.5 Å². The maximum atomic E-state index is 13.4. The van der Waals surface area contributed by atoms with Gasteiger partial charge in [0, 0.05) is 19.6 Å². The van der Waals surface area contributed by atoms with Crippen LogP contribution in [0.3, 0.4) is 0 Å². The Morgan fingerprint density at radius 3 is 1.86 bits per heavy atom. The first kappa shape index (κ1) is 17.9. The van der Waals surface area contributed by atoms with Crippen LogP contribution in [0, 0.1) is 29.1 Å². The molecule has 1 aromatic carbocycles. The largest absolute Gasteiger partial charge is 0.379 e. The maximum absolute atomic E-state index is 13.4. The van der Waals surface area contributed by atoms with Gasteiger partial charge in [-0.1, -0.05) is 12.2 Å². The van der Waals surface area contributed by atoms with Gasteiger partial charge in [-0.3, -0.25) is 4.90 Å². The fourth-order valence-electron chi connectivity index (χ4n) is 1.87. The minimum Gasteiger partial charge on any atom is -0.379 e. The minimum absolute atomic E-state index is 0. The van der Waals surface area contributed by atoms with Gasteiger partial charge >= 0.3 is 0 Å². The van der Waals surface area contributed by atoms with Gasteiger partial charge in [0.1, 0.15) is 0 Å². The van der Waals surface area contributed by atoms with Gasteiger partial charge in [0.25, 0.3) is 0 Å². The second-order valence-electron chi connectivity index (χ2n) is 4.30. The van der Waals surface area contributed by atoms with Crippen LogP contribution in [0.4, 0.5) is 22.0 Å². The Hall–Kier alpha value is -1.18. The van der Waals surface area contributed by atoms with E-state index in [2.05, 4.69) is 0 Å². The van der Waals surface area contributed by atoms with Crippen LogP contribution in [0.15, 0.2) is 6.08 Å². The highest BCUT2D eigenvalue weighted by Crippen LogP contribution is 2.23. The third-order valence-electron chi connectivity index (χ3n) is 3.00. The van der Waals surface area contributed by atoms with Gasteiger partial charge in [0.2, 0.25) is 5.82 Å². The Bertz CT molecular complexity index is 503.